The first-order valence-electron chi connectivity index (χ1n) is 8.23. The van der Waals surface area contributed by atoms with Crippen LogP contribution in [0.5, 0.6) is 5.75 Å². The molecule has 0 N–H and O–H groups in total. The Hall–Kier alpha value is -2.34. The number of hydrogen-bond acceptors (Lipinski definition) is 4. The maximum atomic E-state index is 12.6. The number of ether oxygens (including phenoxy) is 2. The van der Waals surface area contributed by atoms with Crippen molar-refractivity contribution in [3.8, 4) is 5.75 Å². The first kappa shape index (κ1) is 16.5. The predicted molar refractivity (Wildman–Crippen MR) is 89.8 cm³/mol. The summed E-state index contributed by atoms with van der Waals surface area (Å²) in [7, 11) is 1.91. The van der Waals surface area contributed by atoms with E-state index in [1.807, 2.05) is 60.1 Å². The molecule has 0 unspecified atom stereocenters. The van der Waals surface area contributed by atoms with E-state index < -0.39 is 0 Å². The molecule has 1 aromatic heterocycles. The van der Waals surface area contributed by atoms with Gasteiger partial charge < -0.3 is 14.4 Å². The van der Waals surface area contributed by atoms with Gasteiger partial charge in [-0.15, -0.1) is 0 Å². The lowest BCUT2D eigenvalue weighted by Gasteiger charge is -2.32. The summed E-state index contributed by atoms with van der Waals surface area (Å²) in [6.45, 7) is 4.47. The van der Waals surface area contributed by atoms with Gasteiger partial charge >= 0.3 is 0 Å². The van der Waals surface area contributed by atoms with Crippen molar-refractivity contribution in [1.82, 2.24) is 14.7 Å². The lowest BCUT2D eigenvalue weighted by Crippen LogP contribution is -2.42. The van der Waals surface area contributed by atoms with Crippen molar-refractivity contribution in [2.24, 2.45) is 7.05 Å². The number of benzene rings is 1. The van der Waals surface area contributed by atoms with Gasteiger partial charge in [0.2, 0.25) is 0 Å². The van der Waals surface area contributed by atoms with Gasteiger partial charge in [-0.1, -0.05) is 18.2 Å². The minimum Gasteiger partial charge on any atom is -0.484 e. The van der Waals surface area contributed by atoms with Crippen molar-refractivity contribution in [1.29, 1.82) is 0 Å². The molecule has 24 heavy (non-hydrogen) atoms. The molecule has 3 rings (SSSR count). The molecule has 0 spiro atoms. The zero-order chi connectivity index (χ0) is 16.9. The summed E-state index contributed by atoms with van der Waals surface area (Å²) in [5.41, 5.74) is 2.25. The molecule has 0 radical (unpaired) electrons. The third-order valence-corrected chi connectivity index (χ3v) is 4.30. The van der Waals surface area contributed by atoms with Crippen molar-refractivity contribution in [2.45, 2.75) is 19.4 Å². The second-order valence-electron chi connectivity index (χ2n) is 5.90. The van der Waals surface area contributed by atoms with Crippen molar-refractivity contribution < 1.29 is 14.3 Å². The Kier molecular flexibility index (Phi) is 5.15. The Labute approximate surface area is 142 Å². The van der Waals surface area contributed by atoms with Crippen LogP contribution in [-0.2, 0) is 23.1 Å². The predicted octanol–water partition coefficient (Wildman–Crippen LogP) is 1.96. The number of aryl methyl sites for hydroxylation is 1. The Balaban J connectivity index is 1.67. The number of fused-ring (bicyclic) bond motifs is 1. The SMILES string of the molecule is CCOC[C@H]1CN(C(=O)COc2ccccc2)Cc2c1cnn2C. The molecule has 0 fully saturated rings. The van der Waals surface area contributed by atoms with Gasteiger partial charge in [-0.3, -0.25) is 9.48 Å². The number of nitrogens with zero attached hydrogens (tertiary/aromatic N) is 3. The summed E-state index contributed by atoms with van der Waals surface area (Å²) in [5, 5.41) is 4.34. The molecule has 1 atom stereocenters. The summed E-state index contributed by atoms with van der Waals surface area (Å²) in [6.07, 6.45) is 1.89. The first-order valence-corrected chi connectivity index (χ1v) is 8.23. The Morgan fingerprint density at radius 3 is 2.88 bits per heavy atom. The summed E-state index contributed by atoms with van der Waals surface area (Å²) >= 11 is 0. The van der Waals surface area contributed by atoms with Crippen LogP contribution in [-0.4, -0.2) is 47.0 Å². The normalized spacial score (nSPS) is 16.8. The quantitative estimate of drug-likeness (QED) is 0.813. The van der Waals surface area contributed by atoms with Gasteiger partial charge in [0.25, 0.3) is 5.91 Å². The maximum Gasteiger partial charge on any atom is 0.260 e. The summed E-state index contributed by atoms with van der Waals surface area (Å²) in [6, 6.07) is 9.39. The number of hydrogen-bond donors (Lipinski definition) is 0. The van der Waals surface area contributed by atoms with E-state index in [9.17, 15) is 4.79 Å². The van der Waals surface area contributed by atoms with Gasteiger partial charge in [0.15, 0.2) is 6.61 Å². The fourth-order valence-corrected chi connectivity index (χ4v) is 2.97. The molecule has 1 amide bonds. The highest BCUT2D eigenvalue weighted by Gasteiger charge is 2.30. The molecular formula is C18H23N3O3. The minimum absolute atomic E-state index is 0.0211. The monoisotopic (exact) mass is 329 g/mol. The second kappa shape index (κ2) is 7.49. The molecule has 1 aliphatic heterocycles. The van der Waals surface area contributed by atoms with E-state index >= 15 is 0 Å². The molecule has 1 aliphatic rings. The Morgan fingerprint density at radius 1 is 1.33 bits per heavy atom. The van der Waals surface area contributed by atoms with E-state index in [4.69, 9.17) is 9.47 Å². The van der Waals surface area contributed by atoms with E-state index in [0.717, 1.165) is 5.69 Å². The molecule has 0 aliphatic carbocycles. The maximum absolute atomic E-state index is 12.6. The third kappa shape index (κ3) is 3.59. The van der Waals surface area contributed by atoms with Crippen LogP contribution >= 0.6 is 0 Å². The van der Waals surface area contributed by atoms with Gasteiger partial charge in [0, 0.05) is 31.7 Å². The average molecular weight is 329 g/mol. The molecular weight excluding hydrogens is 306 g/mol. The van der Waals surface area contributed by atoms with E-state index in [0.29, 0.717) is 32.1 Å². The van der Waals surface area contributed by atoms with Crippen molar-refractivity contribution >= 4 is 5.91 Å². The Bertz CT molecular complexity index is 684. The van der Waals surface area contributed by atoms with Gasteiger partial charge in [0.05, 0.1) is 25.0 Å². The third-order valence-electron chi connectivity index (χ3n) is 4.30. The molecule has 0 saturated carbocycles. The zero-order valence-electron chi connectivity index (χ0n) is 14.1. The lowest BCUT2D eigenvalue weighted by atomic mass is 9.95. The molecule has 1 aromatic carbocycles. The van der Waals surface area contributed by atoms with Crippen LogP contribution in [0.4, 0.5) is 0 Å². The average Bonchev–Trinajstić information content (AvgIpc) is 2.99. The van der Waals surface area contributed by atoms with Crippen LogP contribution in [0.15, 0.2) is 36.5 Å². The van der Waals surface area contributed by atoms with Crippen LogP contribution in [0.2, 0.25) is 0 Å². The topological polar surface area (TPSA) is 56.6 Å². The standard InChI is InChI=1S/C18H23N3O3/c1-3-23-12-14-10-21(11-17-16(14)9-19-20(17)2)18(22)13-24-15-7-5-4-6-8-15/h4-9,14H,3,10-13H2,1-2H3/t14-/m1/s1. The van der Waals surface area contributed by atoms with Crippen LogP contribution in [0, 0.1) is 0 Å². The van der Waals surface area contributed by atoms with E-state index in [1.54, 1.807) is 0 Å². The highest BCUT2D eigenvalue weighted by Crippen LogP contribution is 2.28. The molecule has 128 valence electrons. The molecule has 6 nitrogen and oxygen atoms in total. The van der Waals surface area contributed by atoms with Gasteiger partial charge in [-0.25, -0.2) is 0 Å². The Morgan fingerprint density at radius 2 is 2.12 bits per heavy atom. The molecule has 2 heterocycles. The first-order chi connectivity index (χ1) is 11.7. The van der Waals surface area contributed by atoms with Crippen LogP contribution in [0.25, 0.3) is 0 Å². The highest BCUT2D eigenvalue weighted by molar-refractivity contribution is 5.78. The largest absolute Gasteiger partial charge is 0.484 e. The number of para-hydroxylation sites is 1. The second-order valence-corrected chi connectivity index (χ2v) is 5.90. The number of aromatic nitrogens is 2. The van der Waals surface area contributed by atoms with Crippen molar-refractivity contribution in [2.75, 3.05) is 26.4 Å². The minimum atomic E-state index is -0.0211. The fraction of sp³-hybridized carbons (Fsp3) is 0.444. The molecule has 2 aromatic rings. The van der Waals surface area contributed by atoms with E-state index in [-0.39, 0.29) is 18.4 Å². The fourth-order valence-electron chi connectivity index (χ4n) is 2.97. The molecule has 0 bridgehead atoms. The van der Waals surface area contributed by atoms with Crippen LogP contribution in [0.1, 0.15) is 24.1 Å². The molecule has 0 saturated heterocycles. The number of carbonyl (C=O) groups is 1. The summed E-state index contributed by atoms with van der Waals surface area (Å²) in [4.78, 5) is 14.4. The smallest absolute Gasteiger partial charge is 0.260 e. The van der Waals surface area contributed by atoms with Crippen molar-refractivity contribution in [3.05, 3.63) is 47.8 Å². The lowest BCUT2D eigenvalue weighted by molar-refractivity contribution is -0.135. The highest BCUT2D eigenvalue weighted by atomic mass is 16.5. The zero-order valence-corrected chi connectivity index (χ0v) is 14.1. The van der Waals surface area contributed by atoms with Crippen molar-refractivity contribution in [3.63, 3.8) is 0 Å². The number of carbonyl (C=O) groups excluding carboxylic acids is 1. The van der Waals surface area contributed by atoms with Gasteiger partial charge in [-0.2, -0.15) is 5.10 Å². The van der Waals surface area contributed by atoms with Gasteiger partial charge in [0.1, 0.15) is 5.75 Å². The van der Waals surface area contributed by atoms with E-state index in [1.165, 1.54) is 5.56 Å². The molecule has 6 heteroatoms. The number of amides is 1. The summed E-state index contributed by atoms with van der Waals surface area (Å²) in [5.74, 6) is 0.838. The number of rotatable bonds is 6. The van der Waals surface area contributed by atoms with Crippen LogP contribution < -0.4 is 4.74 Å². The van der Waals surface area contributed by atoms with Crippen LogP contribution in [0.3, 0.4) is 0 Å². The van der Waals surface area contributed by atoms with E-state index in [2.05, 4.69) is 5.10 Å². The van der Waals surface area contributed by atoms with Gasteiger partial charge in [-0.05, 0) is 19.1 Å². The summed E-state index contributed by atoms with van der Waals surface area (Å²) < 4.78 is 13.0.